The highest BCUT2D eigenvalue weighted by molar-refractivity contribution is 7.98. The second kappa shape index (κ2) is 8.05. The molecular weight excluding hydrogens is 244 g/mol. The van der Waals surface area contributed by atoms with E-state index in [9.17, 15) is 4.79 Å². The van der Waals surface area contributed by atoms with Crippen molar-refractivity contribution < 1.29 is 4.79 Å². The van der Waals surface area contributed by atoms with Crippen molar-refractivity contribution in [1.29, 1.82) is 0 Å². The third kappa shape index (κ3) is 3.64. The second-order valence-corrected chi connectivity index (χ2v) is 5.99. The first-order valence-corrected chi connectivity index (χ1v) is 8.66. The summed E-state index contributed by atoms with van der Waals surface area (Å²) >= 11 is 1.84. The van der Waals surface area contributed by atoms with Gasteiger partial charge in [0.25, 0.3) is 0 Å². The van der Waals surface area contributed by atoms with Gasteiger partial charge in [0.05, 0.1) is 12.2 Å². The molecule has 1 amide bonds. The summed E-state index contributed by atoms with van der Waals surface area (Å²) in [4.78, 5) is 14.6. The molecule has 1 heterocycles. The molecule has 3 unspecified atom stereocenters. The molecule has 4 heteroatoms. The van der Waals surface area contributed by atoms with E-state index >= 15 is 0 Å². The van der Waals surface area contributed by atoms with Crippen LogP contribution in [0, 0.1) is 0 Å². The largest absolute Gasteiger partial charge is 0.322 e. The average Bonchev–Trinajstić information content (AvgIpc) is 2.65. The summed E-state index contributed by atoms with van der Waals surface area (Å²) in [6.07, 6.45) is 7.65. The number of hydrogen-bond donors (Lipinski definition) is 1. The topological polar surface area (TPSA) is 32.3 Å². The van der Waals surface area contributed by atoms with Gasteiger partial charge in [0.2, 0.25) is 5.91 Å². The van der Waals surface area contributed by atoms with Crippen molar-refractivity contribution in [3.63, 3.8) is 0 Å². The fourth-order valence-electron chi connectivity index (χ4n) is 2.73. The molecule has 1 rings (SSSR count). The zero-order chi connectivity index (χ0) is 13.5. The molecule has 3 atom stereocenters. The molecule has 0 saturated carbocycles. The van der Waals surface area contributed by atoms with Gasteiger partial charge in [0.15, 0.2) is 0 Å². The molecule has 3 nitrogen and oxygen atoms in total. The Hall–Kier alpha value is -0.220. The van der Waals surface area contributed by atoms with Crippen LogP contribution >= 0.6 is 11.8 Å². The van der Waals surface area contributed by atoms with Crippen LogP contribution in [0.3, 0.4) is 0 Å². The summed E-state index contributed by atoms with van der Waals surface area (Å²) in [5.74, 6) is 1.37. The third-order valence-corrected chi connectivity index (χ3v) is 4.36. The van der Waals surface area contributed by atoms with Gasteiger partial charge in [0.1, 0.15) is 0 Å². The molecule has 1 N–H and O–H groups in total. The number of rotatable bonds is 8. The monoisotopic (exact) mass is 272 g/mol. The van der Waals surface area contributed by atoms with Crippen LogP contribution in [0.15, 0.2) is 0 Å². The van der Waals surface area contributed by atoms with E-state index in [-0.39, 0.29) is 12.2 Å². The standard InChI is InChI=1S/C14H28N2OS/c1-5-8-12-14(17)16(11(7-3)10-18-4)13(15-12)9-6-2/h11-13,15H,5-10H2,1-4H3. The Morgan fingerprint density at radius 1 is 1.28 bits per heavy atom. The van der Waals surface area contributed by atoms with E-state index in [1.54, 1.807) is 0 Å². The summed E-state index contributed by atoms with van der Waals surface area (Å²) in [5.41, 5.74) is 0. The molecule has 0 aromatic rings. The number of amides is 1. The molecule has 0 radical (unpaired) electrons. The van der Waals surface area contributed by atoms with Crippen LogP contribution in [0.2, 0.25) is 0 Å². The van der Waals surface area contributed by atoms with Gasteiger partial charge in [-0.25, -0.2) is 0 Å². The Morgan fingerprint density at radius 3 is 2.44 bits per heavy atom. The summed E-state index contributed by atoms with van der Waals surface area (Å²) in [6.45, 7) is 6.52. The maximum absolute atomic E-state index is 12.5. The van der Waals surface area contributed by atoms with Crippen molar-refractivity contribution in [3.8, 4) is 0 Å². The highest BCUT2D eigenvalue weighted by atomic mass is 32.2. The molecule has 0 aromatic carbocycles. The number of hydrogen-bond acceptors (Lipinski definition) is 3. The van der Waals surface area contributed by atoms with Crippen LogP contribution in [0.5, 0.6) is 0 Å². The van der Waals surface area contributed by atoms with E-state index < -0.39 is 0 Å². The zero-order valence-corrected chi connectivity index (χ0v) is 13.1. The molecule has 0 bridgehead atoms. The summed E-state index contributed by atoms with van der Waals surface area (Å²) in [5, 5.41) is 3.53. The van der Waals surface area contributed by atoms with Gasteiger partial charge in [-0.15, -0.1) is 0 Å². The zero-order valence-electron chi connectivity index (χ0n) is 12.2. The minimum atomic E-state index is 0.0578. The van der Waals surface area contributed by atoms with E-state index in [1.807, 2.05) is 11.8 Å². The second-order valence-electron chi connectivity index (χ2n) is 5.08. The normalized spacial score (nSPS) is 25.8. The lowest BCUT2D eigenvalue weighted by Crippen LogP contribution is -2.45. The average molecular weight is 272 g/mol. The first-order chi connectivity index (χ1) is 8.69. The summed E-state index contributed by atoms with van der Waals surface area (Å²) in [7, 11) is 0. The Morgan fingerprint density at radius 2 is 1.94 bits per heavy atom. The van der Waals surface area contributed by atoms with Gasteiger partial charge < -0.3 is 4.90 Å². The van der Waals surface area contributed by atoms with E-state index in [0.717, 1.165) is 37.9 Å². The van der Waals surface area contributed by atoms with Crippen LogP contribution < -0.4 is 5.32 Å². The van der Waals surface area contributed by atoms with Gasteiger partial charge in [-0.3, -0.25) is 10.1 Å². The SMILES string of the molecule is CCCC1NC(CCC)N(C(CC)CSC)C1=O. The van der Waals surface area contributed by atoms with Crippen molar-refractivity contribution in [1.82, 2.24) is 10.2 Å². The number of nitrogens with one attached hydrogen (secondary N) is 1. The number of thioether (sulfide) groups is 1. The van der Waals surface area contributed by atoms with E-state index in [1.165, 1.54) is 0 Å². The van der Waals surface area contributed by atoms with Crippen LogP contribution in [0.4, 0.5) is 0 Å². The Kier molecular flexibility index (Phi) is 7.08. The highest BCUT2D eigenvalue weighted by Gasteiger charge is 2.40. The van der Waals surface area contributed by atoms with E-state index in [2.05, 4.69) is 37.2 Å². The van der Waals surface area contributed by atoms with Gasteiger partial charge in [-0.2, -0.15) is 11.8 Å². The van der Waals surface area contributed by atoms with Crippen LogP contribution in [0.25, 0.3) is 0 Å². The number of nitrogens with zero attached hydrogens (tertiary/aromatic N) is 1. The van der Waals surface area contributed by atoms with Gasteiger partial charge >= 0.3 is 0 Å². The Bertz CT molecular complexity index is 260. The van der Waals surface area contributed by atoms with E-state index in [0.29, 0.717) is 11.9 Å². The molecule has 0 aromatic heterocycles. The van der Waals surface area contributed by atoms with Crippen LogP contribution in [-0.2, 0) is 4.79 Å². The van der Waals surface area contributed by atoms with Crippen molar-refractivity contribution >= 4 is 17.7 Å². The first-order valence-electron chi connectivity index (χ1n) is 7.26. The maximum atomic E-state index is 12.5. The molecule has 0 spiro atoms. The lowest BCUT2D eigenvalue weighted by Gasteiger charge is -2.31. The number of carbonyl (C=O) groups excluding carboxylic acids is 1. The van der Waals surface area contributed by atoms with Crippen LogP contribution in [-0.4, -0.2) is 41.1 Å². The summed E-state index contributed by atoms with van der Waals surface area (Å²) in [6, 6.07) is 0.445. The molecule has 1 aliphatic rings. The minimum Gasteiger partial charge on any atom is -0.322 e. The molecule has 1 saturated heterocycles. The smallest absolute Gasteiger partial charge is 0.241 e. The fourth-order valence-corrected chi connectivity index (χ4v) is 3.51. The van der Waals surface area contributed by atoms with Crippen molar-refractivity contribution in [2.24, 2.45) is 0 Å². The number of carbonyl (C=O) groups is 1. The van der Waals surface area contributed by atoms with Crippen molar-refractivity contribution in [3.05, 3.63) is 0 Å². The van der Waals surface area contributed by atoms with Crippen LogP contribution in [0.1, 0.15) is 52.9 Å². The Labute approximate surface area is 116 Å². The predicted molar refractivity (Wildman–Crippen MR) is 79.8 cm³/mol. The van der Waals surface area contributed by atoms with Crippen molar-refractivity contribution in [2.75, 3.05) is 12.0 Å². The maximum Gasteiger partial charge on any atom is 0.241 e. The molecular formula is C14H28N2OS. The quantitative estimate of drug-likeness (QED) is 0.737. The lowest BCUT2D eigenvalue weighted by atomic mass is 10.1. The van der Waals surface area contributed by atoms with E-state index in [4.69, 9.17) is 0 Å². The molecule has 1 fully saturated rings. The first kappa shape index (κ1) is 15.8. The molecule has 0 aliphatic carbocycles. The third-order valence-electron chi connectivity index (χ3n) is 3.65. The Balaban J connectivity index is 2.78. The molecule has 1 aliphatic heterocycles. The lowest BCUT2D eigenvalue weighted by molar-refractivity contribution is -0.132. The summed E-state index contributed by atoms with van der Waals surface area (Å²) < 4.78 is 0. The predicted octanol–water partition coefficient (Wildman–Crippen LogP) is 2.85. The minimum absolute atomic E-state index is 0.0578. The molecule has 106 valence electrons. The van der Waals surface area contributed by atoms with Gasteiger partial charge in [-0.1, -0.05) is 33.6 Å². The van der Waals surface area contributed by atoms with Gasteiger partial charge in [-0.05, 0) is 25.5 Å². The molecule has 18 heavy (non-hydrogen) atoms. The van der Waals surface area contributed by atoms with Gasteiger partial charge in [0, 0.05) is 11.8 Å². The van der Waals surface area contributed by atoms with Crippen molar-refractivity contribution in [2.45, 2.75) is 71.1 Å². The fraction of sp³-hybridized carbons (Fsp3) is 0.929. The highest BCUT2D eigenvalue weighted by Crippen LogP contribution is 2.23.